The number of carbonyl (C=O) groups excluding carboxylic acids is 1. The summed E-state index contributed by atoms with van der Waals surface area (Å²) in [5.41, 5.74) is 1.23. The third-order valence-corrected chi connectivity index (χ3v) is 7.71. The highest BCUT2D eigenvalue weighted by atomic mass is 35.5. The SMILES string of the molecule is Cc1ccc(S(=O)(=O)CCCC(=O)N(CCN(C)C)c2nc3c(F)cccc3s2)cc1.Cl. The molecule has 0 N–H and O–H groups in total. The molecule has 1 heterocycles. The van der Waals surface area contributed by atoms with Gasteiger partial charge in [-0.05, 0) is 51.7 Å². The molecule has 174 valence electrons. The van der Waals surface area contributed by atoms with Crippen molar-refractivity contribution in [3.8, 4) is 0 Å². The van der Waals surface area contributed by atoms with E-state index in [1.54, 1.807) is 36.4 Å². The van der Waals surface area contributed by atoms with Crippen molar-refractivity contribution >= 4 is 54.8 Å². The Labute approximate surface area is 198 Å². The summed E-state index contributed by atoms with van der Waals surface area (Å²) in [6, 6.07) is 11.4. The molecule has 6 nitrogen and oxygen atoms in total. The second kappa shape index (κ2) is 11.2. The largest absolute Gasteiger partial charge is 0.308 e. The second-order valence-electron chi connectivity index (χ2n) is 7.67. The zero-order valence-corrected chi connectivity index (χ0v) is 20.7. The quantitative estimate of drug-likeness (QED) is 0.438. The Morgan fingerprint density at radius 3 is 2.41 bits per heavy atom. The van der Waals surface area contributed by atoms with Crippen molar-refractivity contribution in [2.24, 2.45) is 0 Å². The molecular formula is C22H27ClFN3O3S2. The summed E-state index contributed by atoms with van der Waals surface area (Å²) in [5.74, 6) is -0.762. The van der Waals surface area contributed by atoms with Gasteiger partial charge in [-0.3, -0.25) is 9.69 Å². The molecule has 0 saturated carbocycles. The van der Waals surface area contributed by atoms with E-state index in [1.165, 1.54) is 22.3 Å². The number of rotatable bonds is 9. The van der Waals surface area contributed by atoms with Gasteiger partial charge in [-0.25, -0.2) is 17.8 Å². The number of sulfone groups is 1. The highest BCUT2D eigenvalue weighted by Crippen LogP contribution is 2.30. The number of likely N-dealkylation sites (N-methyl/N-ethyl adjacent to an activating group) is 1. The predicted molar refractivity (Wildman–Crippen MR) is 130 cm³/mol. The Kier molecular flexibility index (Phi) is 9.15. The average molecular weight is 500 g/mol. The molecule has 0 bridgehead atoms. The van der Waals surface area contributed by atoms with Gasteiger partial charge in [0.15, 0.2) is 15.0 Å². The number of thiazole rings is 1. The summed E-state index contributed by atoms with van der Waals surface area (Å²) >= 11 is 1.25. The lowest BCUT2D eigenvalue weighted by Crippen LogP contribution is -2.36. The number of aromatic nitrogens is 1. The van der Waals surface area contributed by atoms with Crippen LogP contribution in [-0.4, -0.2) is 57.1 Å². The number of nitrogens with zero attached hydrogens (tertiary/aromatic N) is 3. The number of amides is 1. The predicted octanol–water partition coefficient (Wildman–Crippen LogP) is 4.31. The van der Waals surface area contributed by atoms with Gasteiger partial charge in [0.05, 0.1) is 15.3 Å². The Hall–Kier alpha value is -2.07. The summed E-state index contributed by atoms with van der Waals surface area (Å²) in [6.07, 6.45) is 0.268. The zero-order valence-electron chi connectivity index (χ0n) is 18.2. The van der Waals surface area contributed by atoms with Crippen molar-refractivity contribution in [3.05, 3.63) is 53.8 Å². The van der Waals surface area contributed by atoms with Gasteiger partial charge in [-0.2, -0.15) is 0 Å². The highest BCUT2D eigenvalue weighted by Gasteiger charge is 2.22. The van der Waals surface area contributed by atoms with Crippen LogP contribution in [-0.2, 0) is 14.6 Å². The van der Waals surface area contributed by atoms with Crippen LogP contribution in [0.2, 0.25) is 0 Å². The highest BCUT2D eigenvalue weighted by molar-refractivity contribution is 7.91. The lowest BCUT2D eigenvalue weighted by atomic mass is 10.2. The van der Waals surface area contributed by atoms with Crippen LogP contribution in [0.15, 0.2) is 47.4 Å². The molecule has 1 amide bonds. The number of benzene rings is 2. The van der Waals surface area contributed by atoms with Crippen LogP contribution in [0.25, 0.3) is 10.2 Å². The number of fused-ring (bicyclic) bond motifs is 1. The summed E-state index contributed by atoms with van der Waals surface area (Å²) in [5, 5.41) is 0.424. The minimum Gasteiger partial charge on any atom is -0.308 e. The van der Waals surface area contributed by atoms with E-state index in [9.17, 15) is 17.6 Å². The number of carbonyl (C=O) groups is 1. The molecule has 32 heavy (non-hydrogen) atoms. The monoisotopic (exact) mass is 499 g/mol. The maximum Gasteiger partial charge on any atom is 0.228 e. The van der Waals surface area contributed by atoms with Gasteiger partial charge in [0.2, 0.25) is 5.91 Å². The molecule has 0 fully saturated rings. The average Bonchev–Trinajstić information content (AvgIpc) is 3.13. The molecule has 0 aliphatic carbocycles. The molecule has 0 saturated heterocycles. The standard InChI is InChI=1S/C22H26FN3O3S2.ClH/c1-16-9-11-17(12-10-16)31(28,29)15-5-8-20(27)26(14-13-25(2)3)22-24-21-18(23)6-4-7-19(21)30-22;/h4,6-7,9-12H,5,8,13-15H2,1-3H3;1H. The van der Waals surface area contributed by atoms with E-state index in [1.807, 2.05) is 25.9 Å². The molecular weight excluding hydrogens is 473 g/mol. The molecule has 3 aromatic rings. The van der Waals surface area contributed by atoms with Gasteiger partial charge >= 0.3 is 0 Å². The third-order valence-electron chi connectivity index (χ3n) is 4.85. The maximum atomic E-state index is 14.1. The van der Waals surface area contributed by atoms with Crippen molar-refractivity contribution < 1.29 is 17.6 Å². The molecule has 0 aliphatic rings. The van der Waals surface area contributed by atoms with Crippen molar-refractivity contribution in [3.63, 3.8) is 0 Å². The van der Waals surface area contributed by atoms with E-state index in [0.717, 1.165) is 5.56 Å². The van der Waals surface area contributed by atoms with Crippen LogP contribution in [0.1, 0.15) is 18.4 Å². The van der Waals surface area contributed by atoms with Gasteiger partial charge in [0.1, 0.15) is 11.3 Å². The minimum absolute atomic E-state index is 0. The van der Waals surface area contributed by atoms with Crippen molar-refractivity contribution in [1.82, 2.24) is 9.88 Å². The van der Waals surface area contributed by atoms with Gasteiger partial charge in [0, 0.05) is 19.5 Å². The summed E-state index contributed by atoms with van der Waals surface area (Å²) in [6.45, 7) is 2.88. The fourth-order valence-electron chi connectivity index (χ4n) is 3.06. The first-order chi connectivity index (χ1) is 14.7. The summed E-state index contributed by atoms with van der Waals surface area (Å²) in [4.78, 5) is 21.0. The van der Waals surface area contributed by atoms with E-state index >= 15 is 0 Å². The Morgan fingerprint density at radius 1 is 1.09 bits per heavy atom. The first kappa shape index (κ1) is 26.2. The van der Waals surface area contributed by atoms with Crippen LogP contribution in [0.5, 0.6) is 0 Å². The number of para-hydroxylation sites is 1. The molecule has 0 spiro atoms. The van der Waals surface area contributed by atoms with Crippen LogP contribution < -0.4 is 4.90 Å². The van der Waals surface area contributed by atoms with Crippen molar-refractivity contribution in [2.75, 3.05) is 37.8 Å². The van der Waals surface area contributed by atoms with Crippen molar-refractivity contribution in [1.29, 1.82) is 0 Å². The summed E-state index contributed by atoms with van der Waals surface area (Å²) < 4.78 is 39.8. The van der Waals surface area contributed by atoms with Crippen LogP contribution >= 0.6 is 23.7 Å². The Bertz CT molecular complexity index is 1160. The van der Waals surface area contributed by atoms with E-state index < -0.39 is 15.7 Å². The fourth-order valence-corrected chi connectivity index (χ4v) is 5.39. The first-order valence-electron chi connectivity index (χ1n) is 9.97. The molecule has 10 heteroatoms. The second-order valence-corrected chi connectivity index (χ2v) is 10.8. The maximum absolute atomic E-state index is 14.1. The number of halogens is 2. The van der Waals surface area contributed by atoms with E-state index in [-0.39, 0.29) is 47.3 Å². The van der Waals surface area contributed by atoms with Crippen LogP contribution in [0.4, 0.5) is 9.52 Å². The van der Waals surface area contributed by atoms with E-state index in [2.05, 4.69) is 4.98 Å². The van der Waals surface area contributed by atoms with Crippen LogP contribution in [0.3, 0.4) is 0 Å². The van der Waals surface area contributed by atoms with Gasteiger partial charge in [-0.1, -0.05) is 35.1 Å². The molecule has 3 rings (SSSR count). The van der Waals surface area contributed by atoms with E-state index in [4.69, 9.17) is 0 Å². The zero-order chi connectivity index (χ0) is 22.6. The number of aryl methyl sites for hydroxylation is 1. The third kappa shape index (κ3) is 6.48. The number of anilines is 1. The van der Waals surface area contributed by atoms with Gasteiger partial charge in [0.25, 0.3) is 0 Å². The van der Waals surface area contributed by atoms with Crippen LogP contribution in [0, 0.1) is 12.7 Å². The molecule has 0 aliphatic heterocycles. The topological polar surface area (TPSA) is 70.6 Å². The summed E-state index contributed by atoms with van der Waals surface area (Å²) in [7, 11) is 0.339. The fraction of sp³-hybridized carbons (Fsp3) is 0.364. The number of hydrogen-bond donors (Lipinski definition) is 0. The van der Waals surface area contributed by atoms with E-state index in [0.29, 0.717) is 22.9 Å². The normalized spacial score (nSPS) is 11.5. The lowest BCUT2D eigenvalue weighted by molar-refractivity contribution is -0.118. The Balaban J connectivity index is 0.00000363. The smallest absolute Gasteiger partial charge is 0.228 e. The van der Waals surface area contributed by atoms with Crippen molar-refractivity contribution in [2.45, 2.75) is 24.7 Å². The lowest BCUT2D eigenvalue weighted by Gasteiger charge is -2.22. The van der Waals surface area contributed by atoms with Gasteiger partial charge < -0.3 is 4.90 Å². The molecule has 0 unspecified atom stereocenters. The molecule has 0 radical (unpaired) electrons. The number of hydrogen-bond acceptors (Lipinski definition) is 6. The van der Waals surface area contributed by atoms with Gasteiger partial charge in [-0.15, -0.1) is 12.4 Å². The molecule has 2 aromatic carbocycles. The first-order valence-corrected chi connectivity index (χ1v) is 12.4. The minimum atomic E-state index is -3.46. The Morgan fingerprint density at radius 2 is 1.78 bits per heavy atom. The molecule has 1 aromatic heterocycles. The molecule has 0 atom stereocenters.